The van der Waals surface area contributed by atoms with Gasteiger partial charge in [-0.25, -0.2) is 0 Å². The van der Waals surface area contributed by atoms with Crippen molar-refractivity contribution in [2.75, 3.05) is 11.1 Å². The fourth-order valence-electron chi connectivity index (χ4n) is 1.99. The van der Waals surface area contributed by atoms with E-state index in [0.29, 0.717) is 5.69 Å². The molecule has 0 fully saturated rings. The highest BCUT2D eigenvalue weighted by molar-refractivity contribution is 5.77. The normalized spacial score (nSPS) is 10.6. The molecule has 0 amide bonds. The molecule has 3 heteroatoms. The Morgan fingerprint density at radius 3 is 2.40 bits per heavy atom. The van der Waals surface area contributed by atoms with E-state index in [4.69, 9.17) is 10.5 Å². The average Bonchev–Trinajstić information content (AvgIpc) is 2.43. The average molecular weight is 270 g/mol. The van der Waals surface area contributed by atoms with Crippen molar-refractivity contribution >= 4 is 17.1 Å². The summed E-state index contributed by atoms with van der Waals surface area (Å²) < 4.78 is 5.69. The molecule has 0 unspecified atom stereocenters. The first kappa shape index (κ1) is 14.3. The minimum atomic E-state index is 0.108. The summed E-state index contributed by atoms with van der Waals surface area (Å²) >= 11 is 0. The SMILES string of the molecule is CCc1ccc(Nc2cccc(OC(C)C)c2N)cc1. The van der Waals surface area contributed by atoms with E-state index in [-0.39, 0.29) is 6.10 Å². The zero-order valence-electron chi connectivity index (χ0n) is 12.3. The second kappa shape index (κ2) is 6.33. The molecule has 2 aromatic rings. The minimum absolute atomic E-state index is 0.108. The van der Waals surface area contributed by atoms with Gasteiger partial charge in [0.2, 0.25) is 0 Å². The molecular weight excluding hydrogens is 248 g/mol. The number of aryl methyl sites for hydroxylation is 1. The van der Waals surface area contributed by atoms with Crippen LogP contribution in [0.5, 0.6) is 5.75 Å². The lowest BCUT2D eigenvalue weighted by Gasteiger charge is -2.16. The molecule has 0 saturated heterocycles. The predicted molar refractivity (Wildman–Crippen MR) is 85.7 cm³/mol. The van der Waals surface area contributed by atoms with Crippen LogP contribution < -0.4 is 15.8 Å². The van der Waals surface area contributed by atoms with E-state index in [1.54, 1.807) is 0 Å². The van der Waals surface area contributed by atoms with Gasteiger partial charge in [0.25, 0.3) is 0 Å². The van der Waals surface area contributed by atoms with Crippen molar-refractivity contribution in [1.29, 1.82) is 0 Å². The van der Waals surface area contributed by atoms with Gasteiger partial charge in [0.1, 0.15) is 5.75 Å². The Bertz CT molecular complexity index is 562. The van der Waals surface area contributed by atoms with E-state index in [9.17, 15) is 0 Å². The molecule has 20 heavy (non-hydrogen) atoms. The van der Waals surface area contributed by atoms with Gasteiger partial charge in [-0.05, 0) is 50.1 Å². The molecule has 3 N–H and O–H groups in total. The Labute approximate surface area is 120 Å². The molecule has 0 bridgehead atoms. The molecule has 0 heterocycles. The van der Waals surface area contributed by atoms with Crippen LogP contribution in [-0.4, -0.2) is 6.10 Å². The molecule has 0 saturated carbocycles. The van der Waals surface area contributed by atoms with Crippen LogP contribution in [-0.2, 0) is 6.42 Å². The van der Waals surface area contributed by atoms with Gasteiger partial charge in [-0.1, -0.05) is 25.1 Å². The van der Waals surface area contributed by atoms with Crippen LogP contribution in [0.3, 0.4) is 0 Å². The summed E-state index contributed by atoms with van der Waals surface area (Å²) in [6.45, 7) is 6.12. The maximum Gasteiger partial charge on any atom is 0.144 e. The van der Waals surface area contributed by atoms with Crippen molar-refractivity contribution in [3.05, 3.63) is 48.0 Å². The van der Waals surface area contributed by atoms with Crippen LogP contribution in [0.2, 0.25) is 0 Å². The van der Waals surface area contributed by atoms with Gasteiger partial charge in [0, 0.05) is 5.69 Å². The van der Waals surface area contributed by atoms with Gasteiger partial charge in [-0.2, -0.15) is 0 Å². The van der Waals surface area contributed by atoms with E-state index in [1.165, 1.54) is 5.56 Å². The van der Waals surface area contributed by atoms with E-state index in [2.05, 4.69) is 36.5 Å². The first-order valence-corrected chi connectivity index (χ1v) is 7.01. The van der Waals surface area contributed by atoms with Gasteiger partial charge >= 0.3 is 0 Å². The lowest BCUT2D eigenvalue weighted by molar-refractivity contribution is 0.244. The quantitative estimate of drug-likeness (QED) is 0.793. The largest absolute Gasteiger partial charge is 0.489 e. The zero-order valence-corrected chi connectivity index (χ0v) is 12.3. The highest BCUT2D eigenvalue weighted by Gasteiger charge is 2.07. The summed E-state index contributed by atoms with van der Waals surface area (Å²) in [6.07, 6.45) is 1.15. The number of nitrogens with two attached hydrogens (primary N) is 1. The number of hydrogen-bond donors (Lipinski definition) is 2. The fourth-order valence-corrected chi connectivity index (χ4v) is 1.99. The van der Waals surface area contributed by atoms with E-state index >= 15 is 0 Å². The van der Waals surface area contributed by atoms with Crippen molar-refractivity contribution in [2.24, 2.45) is 0 Å². The Kier molecular flexibility index (Phi) is 4.51. The molecule has 0 aliphatic carbocycles. The number of benzene rings is 2. The Hall–Kier alpha value is -2.16. The molecule has 0 radical (unpaired) electrons. The predicted octanol–water partition coefficient (Wildman–Crippen LogP) is 4.36. The zero-order chi connectivity index (χ0) is 14.5. The minimum Gasteiger partial charge on any atom is -0.489 e. The Morgan fingerprint density at radius 1 is 1.10 bits per heavy atom. The Morgan fingerprint density at radius 2 is 1.80 bits per heavy atom. The molecule has 2 aromatic carbocycles. The lowest BCUT2D eigenvalue weighted by atomic mass is 10.1. The first-order chi connectivity index (χ1) is 9.60. The molecular formula is C17H22N2O. The summed E-state index contributed by atoms with van der Waals surface area (Å²) in [5.74, 6) is 0.718. The number of para-hydroxylation sites is 1. The standard InChI is InChI=1S/C17H22N2O/c1-4-13-8-10-14(11-9-13)19-15-6-5-7-16(17(15)18)20-12(2)3/h5-12,19H,4,18H2,1-3H3. The van der Waals surface area contributed by atoms with Crippen LogP contribution in [0.25, 0.3) is 0 Å². The monoisotopic (exact) mass is 270 g/mol. The van der Waals surface area contributed by atoms with Crippen molar-refractivity contribution in [2.45, 2.75) is 33.3 Å². The maximum atomic E-state index is 6.15. The lowest BCUT2D eigenvalue weighted by Crippen LogP contribution is -2.08. The van der Waals surface area contributed by atoms with Crippen molar-refractivity contribution < 1.29 is 4.74 Å². The van der Waals surface area contributed by atoms with E-state index in [1.807, 2.05) is 32.0 Å². The first-order valence-electron chi connectivity index (χ1n) is 7.01. The number of ether oxygens (including phenoxy) is 1. The fraction of sp³-hybridized carbons (Fsp3) is 0.294. The topological polar surface area (TPSA) is 47.3 Å². The van der Waals surface area contributed by atoms with Crippen LogP contribution >= 0.6 is 0 Å². The van der Waals surface area contributed by atoms with E-state index in [0.717, 1.165) is 23.5 Å². The smallest absolute Gasteiger partial charge is 0.144 e. The van der Waals surface area contributed by atoms with Gasteiger partial charge in [0.15, 0.2) is 0 Å². The number of nitrogens with one attached hydrogen (secondary N) is 1. The van der Waals surface area contributed by atoms with Crippen molar-refractivity contribution in [1.82, 2.24) is 0 Å². The molecule has 0 aliphatic heterocycles. The molecule has 106 valence electrons. The second-order valence-corrected chi connectivity index (χ2v) is 5.06. The third-order valence-electron chi connectivity index (χ3n) is 3.07. The van der Waals surface area contributed by atoms with Gasteiger partial charge in [-0.3, -0.25) is 0 Å². The van der Waals surface area contributed by atoms with Gasteiger partial charge < -0.3 is 15.8 Å². The van der Waals surface area contributed by atoms with E-state index < -0.39 is 0 Å². The molecule has 0 aromatic heterocycles. The number of rotatable bonds is 5. The molecule has 3 nitrogen and oxygen atoms in total. The third-order valence-corrected chi connectivity index (χ3v) is 3.07. The van der Waals surface area contributed by atoms with Crippen LogP contribution in [0, 0.1) is 0 Å². The summed E-state index contributed by atoms with van der Waals surface area (Å²) in [6, 6.07) is 14.1. The number of nitrogen functional groups attached to an aromatic ring is 1. The summed E-state index contributed by atoms with van der Waals surface area (Å²) in [7, 11) is 0. The maximum absolute atomic E-state index is 6.15. The van der Waals surface area contributed by atoms with Gasteiger partial charge in [0.05, 0.1) is 17.5 Å². The molecule has 0 aliphatic rings. The van der Waals surface area contributed by atoms with Crippen LogP contribution in [0.1, 0.15) is 26.3 Å². The molecule has 2 rings (SSSR count). The summed E-state index contributed by atoms with van der Waals surface area (Å²) in [5, 5.41) is 3.33. The number of anilines is 3. The molecule has 0 spiro atoms. The van der Waals surface area contributed by atoms with Crippen molar-refractivity contribution in [3.63, 3.8) is 0 Å². The van der Waals surface area contributed by atoms with Crippen LogP contribution in [0.15, 0.2) is 42.5 Å². The summed E-state index contributed by atoms with van der Waals surface area (Å²) in [5.41, 5.74) is 10.00. The Balaban J connectivity index is 2.20. The highest BCUT2D eigenvalue weighted by atomic mass is 16.5. The summed E-state index contributed by atoms with van der Waals surface area (Å²) in [4.78, 5) is 0. The number of hydrogen-bond acceptors (Lipinski definition) is 3. The van der Waals surface area contributed by atoms with Crippen molar-refractivity contribution in [3.8, 4) is 5.75 Å². The van der Waals surface area contributed by atoms with Gasteiger partial charge in [-0.15, -0.1) is 0 Å². The third kappa shape index (κ3) is 3.44. The molecule has 0 atom stereocenters. The van der Waals surface area contributed by atoms with Crippen LogP contribution in [0.4, 0.5) is 17.1 Å². The second-order valence-electron chi connectivity index (χ2n) is 5.06. The highest BCUT2D eigenvalue weighted by Crippen LogP contribution is 2.32.